The summed E-state index contributed by atoms with van der Waals surface area (Å²) >= 11 is 12.8. The summed E-state index contributed by atoms with van der Waals surface area (Å²) in [6.45, 7) is 0.431. The molecule has 10 heteroatoms. The summed E-state index contributed by atoms with van der Waals surface area (Å²) in [5, 5.41) is 13.1. The molecule has 0 aliphatic rings. The fraction of sp³-hybridized carbons (Fsp3) is 0.0870. The molecule has 0 radical (unpaired) electrons. The number of fused-ring (bicyclic) bond motifs is 1. The minimum Gasteiger partial charge on any atom is -0.497 e. The van der Waals surface area contributed by atoms with Crippen LogP contribution in [-0.2, 0) is 6.54 Å². The third-order valence-corrected chi connectivity index (χ3v) is 5.75. The van der Waals surface area contributed by atoms with Gasteiger partial charge < -0.3 is 13.8 Å². The summed E-state index contributed by atoms with van der Waals surface area (Å²) in [5.41, 5.74) is 2.36. The van der Waals surface area contributed by atoms with Crippen LogP contribution in [0.25, 0.3) is 22.4 Å². The van der Waals surface area contributed by atoms with Crippen LogP contribution < -0.4 is 4.74 Å². The molecule has 0 aliphatic carbocycles. The molecule has 0 fully saturated rings. The largest absolute Gasteiger partial charge is 0.497 e. The molecule has 5 aromatic rings. The molecule has 0 saturated carbocycles. The molecule has 0 saturated heterocycles. The maximum atomic E-state index is 13.4. The van der Waals surface area contributed by atoms with E-state index in [-0.39, 0.29) is 22.4 Å². The van der Waals surface area contributed by atoms with Gasteiger partial charge >= 0.3 is 0 Å². The van der Waals surface area contributed by atoms with Gasteiger partial charge in [0, 0.05) is 23.2 Å². The van der Waals surface area contributed by atoms with E-state index in [9.17, 15) is 4.79 Å². The van der Waals surface area contributed by atoms with Crippen molar-refractivity contribution in [1.82, 2.24) is 24.9 Å². The maximum absolute atomic E-state index is 13.4. The Kier molecular flexibility index (Phi) is 5.53. The lowest BCUT2D eigenvalue weighted by molar-refractivity contribution is 0.0995. The number of aromatic nitrogens is 5. The molecule has 8 nitrogen and oxygen atoms in total. The first-order valence-corrected chi connectivity index (χ1v) is 10.6. The van der Waals surface area contributed by atoms with Crippen molar-refractivity contribution in [3.05, 3.63) is 88.0 Å². The van der Waals surface area contributed by atoms with Gasteiger partial charge in [0.25, 0.3) is 11.7 Å². The van der Waals surface area contributed by atoms with E-state index in [4.69, 9.17) is 32.5 Å². The Hall–Kier alpha value is -3.75. The molecular formula is C23H15Cl2N5O3. The van der Waals surface area contributed by atoms with E-state index in [1.165, 1.54) is 6.20 Å². The zero-order valence-corrected chi connectivity index (χ0v) is 18.7. The minimum atomic E-state index is -0.504. The van der Waals surface area contributed by atoms with Crippen molar-refractivity contribution in [3.63, 3.8) is 0 Å². The molecule has 0 unspecified atom stereocenters. The second kappa shape index (κ2) is 8.65. The third-order valence-electron chi connectivity index (χ3n) is 5.11. The van der Waals surface area contributed by atoms with Gasteiger partial charge in [-0.3, -0.25) is 4.79 Å². The first-order chi connectivity index (χ1) is 16.0. The predicted octanol–water partition coefficient (Wildman–Crippen LogP) is 5.08. The molecule has 3 heterocycles. The fourth-order valence-electron chi connectivity index (χ4n) is 3.52. The zero-order chi connectivity index (χ0) is 22.9. The summed E-state index contributed by atoms with van der Waals surface area (Å²) < 4.78 is 12.4. The number of nitrogens with zero attached hydrogens (tertiary/aromatic N) is 5. The Balaban J connectivity index is 1.61. The normalized spacial score (nSPS) is 11.1. The van der Waals surface area contributed by atoms with Gasteiger partial charge in [-0.1, -0.05) is 40.5 Å². The average Bonchev–Trinajstić information content (AvgIpc) is 3.44. The van der Waals surface area contributed by atoms with Crippen LogP contribution in [0.15, 0.2) is 65.3 Å². The van der Waals surface area contributed by atoms with E-state index in [1.807, 2.05) is 28.8 Å². The lowest BCUT2D eigenvalue weighted by Gasteiger charge is -2.08. The Bertz CT molecular complexity index is 1460. The molecule has 5 rings (SSSR count). The molecule has 0 amide bonds. The van der Waals surface area contributed by atoms with Crippen molar-refractivity contribution in [2.45, 2.75) is 6.54 Å². The van der Waals surface area contributed by atoms with Crippen molar-refractivity contribution < 1.29 is 14.1 Å². The molecule has 3 aromatic heterocycles. The average molecular weight is 480 g/mol. The van der Waals surface area contributed by atoms with Gasteiger partial charge in [-0.15, -0.1) is 5.10 Å². The van der Waals surface area contributed by atoms with Gasteiger partial charge in [0.05, 0.1) is 18.2 Å². The van der Waals surface area contributed by atoms with Crippen LogP contribution in [0.1, 0.15) is 21.8 Å². The van der Waals surface area contributed by atoms with Gasteiger partial charge in [-0.2, -0.15) is 10.1 Å². The summed E-state index contributed by atoms with van der Waals surface area (Å²) in [4.78, 5) is 17.7. The van der Waals surface area contributed by atoms with Gasteiger partial charge in [0.1, 0.15) is 16.6 Å². The molecular weight excluding hydrogens is 465 g/mol. The highest BCUT2D eigenvalue weighted by Crippen LogP contribution is 2.35. The smallest absolute Gasteiger partial charge is 0.299 e. The lowest BCUT2D eigenvalue weighted by Crippen LogP contribution is -2.04. The number of carbonyl (C=O) groups excluding carboxylic acids is 1. The van der Waals surface area contributed by atoms with Gasteiger partial charge in [-0.05, 0) is 48.0 Å². The number of hydrogen-bond donors (Lipinski definition) is 0. The molecule has 33 heavy (non-hydrogen) atoms. The first-order valence-electron chi connectivity index (χ1n) is 9.82. The quantitative estimate of drug-likeness (QED) is 0.313. The Labute approximate surface area is 197 Å². The highest BCUT2D eigenvalue weighted by Gasteiger charge is 2.27. The number of halogens is 2. The van der Waals surface area contributed by atoms with Crippen molar-refractivity contribution >= 4 is 39.9 Å². The van der Waals surface area contributed by atoms with Crippen molar-refractivity contribution in [2.24, 2.45) is 0 Å². The highest BCUT2D eigenvalue weighted by molar-refractivity contribution is 6.36. The van der Waals surface area contributed by atoms with Crippen LogP contribution in [0.4, 0.5) is 0 Å². The standard InChI is InChI=1S/C23H15Cl2N5O3/c1-32-15-8-9-18-16(11-15)19(21(25)30(18)12-13-4-6-14(24)7-5-13)20(31)23-27-22(29-33-23)17-3-2-10-26-28-17/h2-11H,12H2,1H3. The number of hydrogen-bond acceptors (Lipinski definition) is 7. The molecule has 0 atom stereocenters. The molecule has 0 N–H and O–H groups in total. The van der Waals surface area contributed by atoms with Crippen LogP contribution in [0, 0.1) is 0 Å². The maximum Gasteiger partial charge on any atom is 0.299 e. The van der Waals surface area contributed by atoms with Crippen LogP contribution >= 0.6 is 23.2 Å². The van der Waals surface area contributed by atoms with E-state index in [0.717, 1.165) is 11.1 Å². The van der Waals surface area contributed by atoms with Crippen LogP contribution in [0.3, 0.4) is 0 Å². The number of methoxy groups -OCH3 is 1. The number of benzene rings is 2. The van der Waals surface area contributed by atoms with Gasteiger partial charge in [-0.25, -0.2) is 0 Å². The number of rotatable bonds is 6. The second-order valence-corrected chi connectivity index (χ2v) is 7.92. The summed E-state index contributed by atoms with van der Waals surface area (Å²) in [5.74, 6) is 0.0364. The molecule has 0 bridgehead atoms. The van der Waals surface area contributed by atoms with Crippen LogP contribution in [0.5, 0.6) is 5.75 Å². The van der Waals surface area contributed by atoms with E-state index in [0.29, 0.717) is 28.4 Å². The Morgan fingerprint density at radius 1 is 1.12 bits per heavy atom. The summed E-state index contributed by atoms with van der Waals surface area (Å²) in [6, 6.07) is 16.2. The molecule has 2 aromatic carbocycles. The zero-order valence-electron chi connectivity index (χ0n) is 17.2. The number of ether oxygens (including phenoxy) is 1. The fourth-order valence-corrected chi connectivity index (χ4v) is 3.98. The highest BCUT2D eigenvalue weighted by atomic mass is 35.5. The van der Waals surface area contributed by atoms with Crippen molar-refractivity contribution in [3.8, 4) is 17.3 Å². The van der Waals surface area contributed by atoms with E-state index in [2.05, 4.69) is 20.3 Å². The summed E-state index contributed by atoms with van der Waals surface area (Å²) in [6.07, 6.45) is 1.53. The SMILES string of the molecule is COc1ccc2c(c1)c(C(=O)c1nc(-c3cccnn3)no1)c(Cl)n2Cc1ccc(Cl)cc1. The minimum absolute atomic E-state index is 0.157. The molecule has 0 spiro atoms. The van der Waals surface area contributed by atoms with Crippen molar-refractivity contribution in [1.29, 1.82) is 0 Å². The van der Waals surface area contributed by atoms with Crippen LogP contribution in [-0.4, -0.2) is 37.8 Å². The predicted molar refractivity (Wildman–Crippen MR) is 123 cm³/mol. The van der Waals surface area contributed by atoms with Crippen LogP contribution in [0.2, 0.25) is 10.2 Å². The van der Waals surface area contributed by atoms with E-state index >= 15 is 0 Å². The van der Waals surface area contributed by atoms with E-state index < -0.39 is 5.78 Å². The summed E-state index contributed by atoms with van der Waals surface area (Å²) in [7, 11) is 1.56. The number of ketones is 1. The second-order valence-electron chi connectivity index (χ2n) is 7.12. The third kappa shape index (κ3) is 3.94. The van der Waals surface area contributed by atoms with Gasteiger partial charge in [0.2, 0.25) is 5.82 Å². The first kappa shape index (κ1) is 21.1. The lowest BCUT2D eigenvalue weighted by atomic mass is 10.1. The van der Waals surface area contributed by atoms with E-state index in [1.54, 1.807) is 37.4 Å². The monoisotopic (exact) mass is 479 g/mol. The van der Waals surface area contributed by atoms with Crippen molar-refractivity contribution in [2.75, 3.05) is 7.11 Å². The van der Waals surface area contributed by atoms with Gasteiger partial charge in [0.15, 0.2) is 0 Å². The Morgan fingerprint density at radius 2 is 1.94 bits per heavy atom. The number of carbonyl (C=O) groups is 1. The topological polar surface area (TPSA) is 95.9 Å². The molecule has 0 aliphatic heterocycles. The molecule has 164 valence electrons. The Morgan fingerprint density at radius 3 is 2.67 bits per heavy atom.